The largest absolute Gasteiger partial charge is 0.405 e. The zero-order valence-electron chi connectivity index (χ0n) is 9.34. The molecule has 0 atom stereocenters. The molecular formula is C10H13ClF3N3. The topological polar surface area (TPSA) is 29.0 Å². The highest BCUT2D eigenvalue weighted by atomic mass is 35.5. The molecule has 0 aliphatic carbocycles. The lowest BCUT2D eigenvalue weighted by Gasteiger charge is -2.24. The van der Waals surface area contributed by atoms with Crippen molar-refractivity contribution in [2.24, 2.45) is 0 Å². The van der Waals surface area contributed by atoms with Gasteiger partial charge < -0.3 is 4.90 Å². The van der Waals surface area contributed by atoms with Crippen LogP contribution in [-0.4, -0.2) is 35.1 Å². The third-order valence-electron chi connectivity index (χ3n) is 2.12. The van der Waals surface area contributed by atoms with Gasteiger partial charge in [-0.15, -0.1) is 11.6 Å². The molecule has 0 aliphatic heterocycles. The van der Waals surface area contributed by atoms with E-state index in [0.29, 0.717) is 12.1 Å². The molecule has 1 rings (SSSR count). The summed E-state index contributed by atoms with van der Waals surface area (Å²) in [6, 6.07) is 1.55. The van der Waals surface area contributed by atoms with Gasteiger partial charge in [0.05, 0.1) is 0 Å². The maximum atomic E-state index is 12.4. The van der Waals surface area contributed by atoms with Gasteiger partial charge >= 0.3 is 6.18 Å². The minimum atomic E-state index is -4.27. The first-order valence-electron chi connectivity index (χ1n) is 5.15. The summed E-state index contributed by atoms with van der Waals surface area (Å²) in [6.07, 6.45) is -2.36. The summed E-state index contributed by atoms with van der Waals surface area (Å²) < 4.78 is 37.1. The van der Waals surface area contributed by atoms with E-state index >= 15 is 0 Å². The standard InChI is InChI=1S/C10H13ClF3N3/c1-2-8-5-9(16-7-15-8)17(4-3-11)6-10(12,13)14/h5,7H,2-4,6H2,1H3. The molecule has 1 heterocycles. The number of aromatic nitrogens is 2. The van der Waals surface area contributed by atoms with Gasteiger partial charge in [0.1, 0.15) is 18.7 Å². The fourth-order valence-corrected chi connectivity index (χ4v) is 1.55. The summed E-state index contributed by atoms with van der Waals surface area (Å²) >= 11 is 5.50. The van der Waals surface area contributed by atoms with E-state index in [0.717, 1.165) is 4.90 Å². The molecule has 0 aromatic carbocycles. The molecular weight excluding hydrogens is 255 g/mol. The van der Waals surface area contributed by atoms with Gasteiger partial charge in [-0.05, 0) is 6.42 Å². The summed E-state index contributed by atoms with van der Waals surface area (Å²) in [4.78, 5) is 8.90. The first-order valence-corrected chi connectivity index (χ1v) is 5.68. The monoisotopic (exact) mass is 267 g/mol. The second-order valence-electron chi connectivity index (χ2n) is 3.45. The fraction of sp³-hybridized carbons (Fsp3) is 0.600. The molecule has 0 unspecified atom stereocenters. The van der Waals surface area contributed by atoms with Gasteiger partial charge in [-0.25, -0.2) is 9.97 Å². The van der Waals surface area contributed by atoms with Gasteiger partial charge in [0, 0.05) is 24.2 Å². The number of rotatable bonds is 5. The van der Waals surface area contributed by atoms with Crippen LogP contribution in [-0.2, 0) is 6.42 Å². The summed E-state index contributed by atoms with van der Waals surface area (Å²) in [5.74, 6) is 0.372. The number of aryl methyl sites for hydroxylation is 1. The molecule has 0 bridgehead atoms. The maximum absolute atomic E-state index is 12.4. The second-order valence-corrected chi connectivity index (χ2v) is 3.82. The van der Waals surface area contributed by atoms with E-state index in [9.17, 15) is 13.2 Å². The lowest BCUT2D eigenvalue weighted by Crippen LogP contribution is -2.36. The van der Waals surface area contributed by atoms with Crippen LogP contribution in [0, 0.1) is 0 Å². The van der Waals surface area contributed by atoms with Crippen LogP contribution >= 0.6 is 11.6 Å². The zero-order chi connectivity index (χ0) is 12.9. The molecule has 1 aromatic rings. The van der Waals surface area contributed by atoms with Crippen molar-refractivity contribution in [3.63, 3.8) is 0 Å². The van der Waals surface area contributed by atoms with Crippen LogP contribution in [0.3, 0.4) is 0 Å². The van der Waals surface area contributed by atoms with Crippen molar-refractivity contribution in [2.45, 2.75) is 19.5 Å². The molecule has 3 nitrogen and oxygen atoms in total. The van der Waals surface area contributed by atoms with Gasteiger partial charge in [-0.3, -0.25) is 0 Å². The molecule has 0 N–H and O–H groups in total. The average molecular weight is 268 g/mol. The minimum absolute atomic E-state index is 0.0984. The Hall–Kier alpha value is -1.04. The number of hydrogen-bond donors (Lipinski definition) is 0. The van der Waals surface area contributed by atoms with Gasteiger partial charge in [0.15, 0.2) is 0 Å². The quantitative estimate of drug-likeness (QED) is 0.768. The van der Waals surface area contributed by atoms with Crippen molar-refractivity contribution in [2.75, 3.05) is 23.9 Å². The predicted octanol–water partition coefficient (Wildman–Crippen LogP) is 2.65. The van der Waals surface area contributed by atoms with E-state index in [1.54, 1.807) is 6.07 Å². The van der Waals surface area contributed by atoms with Crippen LogP contribution < -0.4 is 4.90 Å². The maximum Gasteiger partial charge on any atom is 0.405 e. The Morgan fingerprint density at radius 3 is 2.59 bits per heavy atom. The van der Waals surface area contributed by atoms with Crippen molar-refractivity contribution in [1.82, 2.24) is 9.97 Å². The molecule has 0 amide bonds. The number of nitrogens with zero attached hydrogens (tertiary/aromatic N) is 3. The second kappa shape index (κ2) is 6.05. The molecule has 0 fully saturated rings. The van der Waals surface area contributed by atoms with Crippen molar-refractivity contribution >= 4 is 17.4 Å². The predicted molar refractivity (Wildman–Crippen MR) is 60.4 cm³/mol. The molecule has 17 heavy (non-hydrogen) atoms. The Bertz CT molecular complexity index is 357. The van der Waals surface area contributed by atoms with Gasteiger partial charge in [-0.1, -0.05) is 6.92 Å². The minimum Gasteiger partial charge on any atom is -0.346 e. The van der Waals surface area contributed by atoms with Gasteiger partial charge in [-0.2, -0.15) is 13.2 Å². The van der Waals surface area contributed by atoms with Crippen LogP contribution in [0.25, 0.3) is 0 Å². The van der Waals surface area contributed by atoms with E-state index in [1.165, 1.54) is 6.33 Å². The Balaban J connectivity index is 2.88. The average Bonchev–Trinajstić information content (AvgIpc) is 2.27. The van der Waals surface area contributed by atoms with Crippen molar-refractivity contribution < 1.29 is 13.2 Å². The van der Waals surface area contributed by atoms with E-state index < -0.39 is 12.7 Å². The molecule has 0 radical (unpaired) electrons. The number of alkyl halides is 4. The highest BCUT2D eigenvalue weighted by molar-refractivity contribution is 6.18. The number of hydrogen-bond acceptors (Lipinski definition) is 3. The molecule has 1 aromatic heterocycles. The number of anilines is 1. The first kappa shape index (κ1) is 14.0. The lowest BCUT2D eigenvalue weighted by molar-refractivity contribution is -0.119. The van der Waals surface area contributed by atoms with Crippen LogP contribution in [0.4, 0.5) is 19.0 Å². The lowest BCUT2D eigenvalue weighted by atomic mass is 10.3. The van der Waals surface area contributed by atoms with Crippen LogP contribution in [0.5, 0.6) is 0 Å². The fourth-order valence-electron chi connectivity index (χ4n) is 1.35. The Kier molecular flexibility index (Phi) is 4.99. The van der Waals surface area contributed by atoms with E-state index in [2.05, 4.69) is 9.97 Å². The third kappa shape index (κ3) is 4.77. The molecule has 0 saturated heterocycles. The Labute approximate surface area is 103 Å². The molecule has 96 valence electrons. The van der Waals surface area contributed by atoms with Crippen LogP contribution in [0.2, 0.25) is 0 Å². The van der Waals surface area contributed by atoms with Crippen molar-refractivity contribution in [1.29, 1.82) is 0 Å². The molecule has 0 aliphatic rings. The highest BCUT2D eigenvalue weighted by Gasteiger charge is 2.31. The van der Waals surface area contributed by atoms with E-state index in [1.807, 2.05) is 6.92 Å². The van der Waals surface area contributed by atoms with Crippen LogP contribution in [0.1, 0.15) is 12.6 Å². The molecule has 0 saturated carbocycles. The summed E-state index contributed by atoms with van der Waals surface area (Å²) in [5.41, 5.74) is 0.705. The van der Waals surface area contributed by atoms with Gasteiger partial charge in [0.2, 0.25) is 0 Å². The Morgan fingerprint density at radius 1 is 1.35 bits per heavy atom. The molecule has 7 heteroatoms. The van der Waals surface area contributed by atoms with Crippen LogP contribution in [0.15, 0.2) is 12.4 Å². The first-order chi connectivity index (χ1) is 7.96. The summed E-state index contributed by atoms with van der Waals surface area (Å²) in [6.45, 7) is 0.920. The van der Waals surface area contributed by atoms with E-state index in [-0.39, 0.29) is 18.2 Å². The third-order valence-corrected chi connectivity index (χ3v) is 2.29. The van der Waals surface area contributed by atoms with E-state index in [4.69, 9.17) is 11.6 Å². The van der Waals surface area contributed by atoms with Crippen molar-refractivity contribution in [3.8, 4) is 0 Å². The zero-order valence-corrected chi connectivity index (χ0v) is 10.1. The summed E-state index contributed by atoms with van der Waals surface area (Å²) in [7, 11) is 0. The normalized spacial score (nSPS) is 11.6. The van der Waals surface area contributed by atoms with Crippen molar-refractivity contribution in [3.05, 3.63) is 18.1 Å². The number of halogens is 4. The Morgan fingerprint density at radius 2 is 2.06 bits per heavy atom. The smallest absolute Gasteiger partial charge is 0.346 e. The summed E-state index contributed by atoms with van der Waals surface area (Å²) in [5, 5.41) is 0. The molecule has 0 spiro atoms. The van der Waals surface area contributed by atoms with Gasteiger partial charge in [0.25, 0.3) is 0 Å². The highest BCUT2D eigenvalue weighted by Crippen LogP contribution is 2.20. The SMILES string of the molecule is CCc1cc(N(CCCl)CC(F)(F)F)ncn1.